The van der Waals surface area contributed by atoms with Crippen molar-refractivity contribution < 1.29 is 0 Å². The summed E-state index contributed by atoms with van der Waals surface area (Å²) < 4.78 is 2.42. The maximum atomic E-state index is 3.37. The second kappa shape index (κ2) is 16.6. The van der Waals surface area contributed by atoms with Crippen molar-refractivity contribution in [2.24, 2.45) is 0 Å². The van der Waals surface area contributed by atoms with Crippen LogP contribution >= 0.6 is 0 Å². The minimum absolute atomic E-state index is 0.0346. The summed E-state index contributed by atoms with van der Waals surface area (Å²) in [6.45, 7) is 8.89. The Bertz CT molecular complexity index is 3110. The zero-order valence-corrected chi connectivity index (χ0v) is 34.9. The smallest absolute Gasteiger partial charge is 0.0620 e. The molecule has 0 fully saturated rings. The summed E-state index contributed by atoms with van der Waals surface area (Å²) >= 11 is 0. The first-order chi connectivity index (χ1) is 29.4. The number of anilines is 1. The highest BCUT2D eigenvalue weighted by molar-refractivity contribution is 6.23. The van der Waals surface area contributed by atoms with E-state index in [0.29, 0.717) is 0 Å². The second-order valence-electron chi connectivity index (χ2n) is 16.1. The summed E-state index contributed by atoms with van der Waals surface area (Å²) in [5, 5.41) is 8.70. The molecule has 0 bridgehead atoms. The third-order valence-corrected chi connectivity index (χ3v) is 12.0. The van der Waals surface area contributed by atoms with Crippen molar-refractivity contribution in [1.29, 1.82) is 0 Å². The van der Waals surface area contributed by atoms with E-state index in [1.54, 1.807) is 0 Å². The van der Waals surface area contributed by atoms with E-state index in [4.69, 9.17) is 0 Å². The van der Waals surface area contributed by atoms with Gasteiger partial charge < -0.3 is 9.72 Å². The number of benzene rings is 7. The van der Waals surface area contributed by atoms with Crippen molar-refractivity contribution in [2.45, 2.75) is 39.5 Å². The quantitative estimate of drug-likeness (QED) is 0.145. The average molecular weight is 775 g/mol. The molecule has 0 saturated heterocycles. The van der Waals surface area contributed by atoms with E-state index in [1.165, 1.54) is 88.2 Å². The lowest BCUT2D eigenvalue weighted by atomic mass is 9.82. The molecule has 10 rings (SSSR count). The van der Waals surface area contributed by atoms with E-state index in [0.717, 1.165) is 12.1 Å². The molecule has 0 saturated carbocycles. The van der Waals surface area contributed by atoms with Crippen molar-refractivity contribution in [2.75, 3.05) is 5.32 Å². The number of rotatable bonds is 9. The molecule has 1 aliphatic carbocycles. The molecule has 0 spiro atoms. The molecular weight excluding hydrogens is 725 g/mol. The molecule has 0 atom stereocenters. The Morgan fingerprint density at radius 3 is 2.03 bits per heavy atom. The van der Waals surface area contributed by atoms with Gasteiger partial charge in [-0.2, -0.15) is 0 Å². The minimum atomic E-state index is 0.0346. The summed E-state index contributed by atoms with van der Waals surface area (Å²) in [6, 6.07) is 56.7. The summed E-state index contributed by atoms with van der Waals surface area (Å²) in [5.41, 5.74) is 16.8. The zero-order valence-electron chi connectivity index (χ0n) is 34.9. The number of nitrogens with zero attached hydrogens (tertiary/aromatic N) is 1. The Morgan fingerprint density at radius 1 is 0.567 bits per heavy atom. The average Bonchev–Trinajstić information content (AvgIpc) is 3.89. The maximum Gasteiger partial charge on any atom is 0.0620 e. The Kier molecular flexibility index (Phi) is 10.6. The van der Waals surface area contributed by atoms with Crippen LogP contribution in [0.25, 0.3) is 72.5 Å². The lowest BCUT2D eigenvalue weighted by Crippen LogP contribution is -2.14. The second-order valence-corrected chi connectivity index (χ2v) is 16.1. The lowest BCUT2D eigenvalue weighted by molar-refractivity contribution is 0.660. The van der Waals surface area contributed by atoms with Crippen molar-refractivity contribution in [3.8, 4) is 22.3 Å². The third kappa shape index (κ3) is 7.27. The number of para-hydroxylation sites is 2. The number of hydrogen-bond acceptors (Lipinski definition) is 1. The minimum Gasteiger partial charge on any atom is -0.362 e. The molecule has 0 radical (unpaired) electrons. The predicted molar refractivity (Wildman–Crippen MR) is 261 cm³/mol. The molecule has 0 amide bonds. The zero-order chi connectivity index (χ0) is 41.1. The molecule has 292 valence electrons. The number of allylic oxidation sites excluding steroid dienone is 7. The van der Waals surface area contributed by atoms with E-state index >= 15 is 0 Å². The standard InChI is InChI=1S/C35H33N.C23H17N/c1-4-26(11-10-24-36-30-21-19-29(20-22-30)28-12-6-5-7-13-28)16-17-27-18-23-32-31-14-8-9-15-33(31)35(2,3)34(32)25-27;1-2-3-4-8-16-13-14-18-20-11-7-10-19-17-9-5-6-12-21(17)24(23(19)20)22(18)15-16/h5-25,36H,4H2,1-3H3;2-15H,1H3/b17-16-,24-10+,26-11-;3-2-,8-4+. The van der Waals surface area contributed by atoms with Crippen LogP contribution in [-0.4, -0.2) is 4.40 Å². The highest BCUT2D eigenvalue weighted by atomic mass is 14.9. The fourth-order valence-electron chi connectivity index (χ4n) is 8.85. The Labute approximate surface area is 354 Å². The van der Waals surface area contributed by atoms with E-state index in [1.807, 2.05) is 25.3 Å². The number of hydrogen-bond donors (Lipinski definition) is 1. The van der Waals surface area contributed by atoms with Gasteiger partial charge in [0.15, 0.2) is 0 Å². The van der Waals surface area contributed by atoms with Gasteiger partial charge in [0.05, 0.1) is 16.6 Å². The van der Waals surface area contributed by atoms with Crippen LogP contribution in [0.4, 0.5) is 5.69 Å². The number of fused-ring (bicyclic) bond motifs is 9. The van der Waals surface area contributed by atoms with Crippen LogP contribution in [0.1, 0.15) is 56.4 Å². The molecule has 2 aromatic heterocycles. The molecule has 1 aliphatic rings. The fraction of sp³-hybridized carbons (Fsp3) is 0.103. The van der Waals surface area contributed by atoms with E-state index < -0.39 is 0 Å². The Balaban J connectivity index is 0.000000166. The van der Waals surface area contributed by atoms with Gasteiger partial charge in [-0.1, -0.05) is 197 Å². The Hall–Kier alpha value is -7.16. The van der Waals surface area contributed by atoms with Gasteiger partial charge >= 0.3 is 0 Å². The summed E-state index contributed by atoms with van der Waals surface area (Å²) in [6.07, 6.45) is 20.1. The van der Waals surface area contributed by atoms with Gasteiger partial charge in [0.2, 0.25) is 0 Å². The molecule has 60 heavy (non-hydrogen) atoms. The molecule has 2 heterocycles. The summed E-state index contributed by atoms with van der Waals surface area (Å²) in [5.74, 6) is 0. The van der Waals surface area contributed by atoms with Crippen molar-refractivity contribution in [1.82, 2.24) is 4.40 Å². The van der Waals surface area contributed by atoms with Gasteiger partial charge in [-0.05, 0) is 93.8 Å². The van der Waals surface area contributed by atoms with E-state index in [-0.39, 0.29) is 5.41 Å². The highest BCUT2D eigenvalue weighted by Gasteiger charge is 2.34. The summed E-state index contributed by atoms with van der Waals surface area (Å²) in [4.78, 5) is 0. The SMILES string of the molecule is C/C=C\C=C\c1ccc2c3cccc4c5ccccc5n(c2c1)c43.CCC(/C=C\c1ccc2c(c1)C(C)(C)c1ccccc1-2)=C/C=C/Nc1ccc(-c2ccccc2)cc1. The van der Waals surface area contributed by atoms with Crippen molar-refractivity contribution >= 4 is 55.9 Å². The van der Waals surface area contributed by atoms with Crippen LogP contribution in [0.3, 0.4) is 0 Å². The number of aromatic nitrogens is 1. The van der Waals surface area contributed by atoms with Crippen LogP contribution in [0.2, 0.25) is 0 Å². The van der Waals surface area contributed by atoms with Crippen molar-refractivity contribution in [3.63, 3.8) is 0 Å². The molecule has 7 aromatic carbocycles. The molecule has 2 nitrogen and oxygen atoms in total. The van der Waals surface area contributed by atoms with Gasteiger partial charge in [0, 0.05) is 38.8 Å². The predicted octanol–water partition coefficient (Wildman–Crippen LogP) is 16.1. The van der Waals surface area contributed by atoms with Gasteiger partial charge in [-0.3, -0.25) is 0 Å². The van der Waals surface area contributed by atoms with Gasteiger partial charge in [0.1, 0.15) is 0 Å². The molecule has 0 aliphatic heterocycles. The maximum absolute atomic E-state index is 3.37. The van der Waals surface area contributed by atoms with E-state index in [2.05, 4.69) is 225 Å². The van der Waals surface area contributed by atoms with Gasteiger partial charge in [-0.15, -0.1) is 0 Å². The van der Waals surface area contributed by atoms with E-state index in [9.17, 15) is 0 Å². The topological polar surface area (TPSA) is 16.4 Å². The fourth-order valence-corrected chi connectivity index (χ4v) is 8.85. The van der Waals surface area contributed by atoms with Crippen molar-refractivity contribution in [3.05, 3.63) is 228 Å². The first-order valence-corrected chi connectivity index (χ1v) is 21.1. The normalized spacial score (nSPS) is 13.7. The van der Waals surface area contributed by atoms with Crippen LogP contribution < -0.4 is 5.32 Å². The number of nitrogens with one attached hydrogen (secondary N) is 1. The molecular formula is C58H50N2. The monoisotopic (exact) mass is 774 g/mol. The highest BCUT2D eigenvalue weighted by Crippen LogP contribution is 2.48. The van der Waals surface area contributed by atoms with Crippen LogP contribution in [0.15, 0.2) is 206 Å². The third-order valence-electron chi connectivity index (χ3n) is 12.0. The largest absolute Gasteiger partial charge is 0.362 e. The summed E-state index contributed by atoms with van der Waals surface area (Å²) in [7, 11) is 0. The molecule has 2 heteroatoms. The van der Waals surface area contributed by atoms with Crippen LogP contribution in [-0.2, 0) is 5.41 Å². The van der Waals surface area contributed by atoms with Crippen LogP contribution in [0, 0.1) is 0 Å². The Morgan fingerprint density at radius 2 is 1.23 bits per heavy atom. The first kappa shape index (κ1) is 38.4. The first-order valence-electron chi connectivity index (χ1n) is 21.1. The van der Waals surface area contributed by atoms with Crippen LogP contribution in [0.5, 0.6) is 0 Å². The lowest BCUT2D eigenvalue weighted by Gasteiger charge is -2.21. The molecule has 1 N–H and O–H groups in total. The molecule has 0 unspecified atom stereocenters. The van der Waals surface area contributed by atoms with Gasteiger partial charge in [0.25, 0.3) is 0 Å². The van der Waals surface area contributed by atoms with Gasteiger partial charge in [-0.25, -0.2) is 0 Å². The molecule has 9 aromatic rings.